The Labute approximate surface area is 172 Å². The number of hydrogen-bond donors (Lipinski definition) is 0. The largest absolute Gasteiger partial charge is 0.473 e. The molecule has 1 amide bonds. The molecule has 0 unspecified atom stereocenters. The number of hydrogen-bond acceptors (Lipinski definition) is 5. The Hall–Kier alpha value is -3.10. The molecule has 2 aromatic rings. The summed E-state index contributed by atoms with van der Waals surface area (Å²) in [4.78, 5) is 29.3. The van der Waals surface area contributed by atoms with Crippen LogP contribution in [0, 0.1) is 0 Å². The number of esters is 1. The van der Waals surface area contributed by atoms with E-state index in [0.29, 0.717) is 5.69 Å². The van der Waals surface area contributed by atoms with E-state index in [9.17, 15) is 22.8 Å². The molecular weight excluding hydrogens is 401 g/mol. The van der Waals surface area contributed by atoms with Gasteiger partial charge < -0.3 is 14.4 Å². The summed E-state index contributed by atoms with van der Waals surface area (Å²) >= 11 is 0. The normalized spacial score (nSPS) is 11.7. The van der Waals surface area contributed by atoms with Crippen molar-refractivity contribution in [2.45, 2.75) is 46.1 Å². The molecular formula is C21H23F3N2O4. The summed E-state index contributed by atoms with van der Waals surface area (Å²) in [7, 11) is 1.59. The molecule has 0 N–H and O–H groups in total. The lowest BCUT2D eigenvalue weighted by Crippen LogP contribution is -2.25. The summed E-state index contributed by atoms with van der Waals surface area (Å²) in [6.45, 7) is 6.09. The van der Waals surface area contributed by atoms with E-state index in [1.165, 1.54) is 30.2 Å². The summed E-state index contributed by atoms with van der Waals surface area (Å²) < 4.78 is 50.0. The van der Waals surface area contributed by atoms with Gasteiger partial charge in [-0.2, -0.15) is 13.2 Å². The molecule has 1 aromatic heterocycles. The van der Waals surface area contributed by atoms with Crippen molar-refractivity contribution >= 4 is 17.6 Å². The van der Waals surface area contributed by atoms with Crippen molar-refractivity contribution < 1.29 is 32.2 Å². The second-order valence-corrected chi connectivity index (χ2v) is 7.59. The summed E-state index contributed by atoms with van der Waals surface area (Å²) in [5.41, 5.74) is -1.28. The van der Waals surface area contributed by atoms with Gasteiger partial charge in [-0.3, -0.25) is 4.79 Å². The van der Waals surface area contributed by atoms with Crippen LogP contribution in [0.4, 0.5) is 18.9 Å². The van der Waals surface area contributed by atoms with Gasteiger partial charge in [-0.1, -0.05) is 6.07 Å². The van der Waals surface area contributed by atoms with Crippen LogP contribution in [0.5, 0.6) is 5.88 Å². The zero-order valence-corrected chi connectivity index (χ0v) is 17.3. The molecule has 0 saturated heterocycles. The molecule has 30 heavy (non-hydrogen) atoms. The molecule has 1 heterocycles. The molecule has 162 valence electrons. The number of anilines is 1. The van der Waals surface area contributed by atoms with Gasteiger partial charge in [-0.05, 0) is 39.0 Å². The zero-order valence-electron chi connectivity index (χ0n) is 17.3. The number of pyridine rings is 1. The summed E-state index contributed by atoms with van der Waals surface area (Å²) in [6.07, 6.45) is -3.17. The SMILES string of the molecule is CC(=O)N(C)c1ccc(OCc2ccc(C(F)(F)F)cc2C(=O)OC(C)(C)C)nc1. The first-order chi connectivity index (χ1) is 13.8. The lowest BCUT2D eigenvalue weighted by molar-refractivity contribution is -0.137. The Morgan fingerprint density at radius 1 is 1.10 bits per heavy atom. The topological polar surface area (TPSA) is 68.7 Å². The standard InChI is InChI=1S/C21H23F3N2O4/c1-13(27)26(5)16-8-9-18(25-11-16)29-12-14-6-7-15(21(22,23)24)10-17(14)19(28)30-20(2,3)4/h6-11H,12H2,1-5H3. The van der Waals surface area contributed by atoms with Gasteiger partial charge in [0.15, 0.2) is 0 Å². The van der Waals surface area contributed by atoms with E-state index in [4.69, 9.17) is 9.47 Å². The fourth-order valence-corrected chi connectivity index (χ4v) is 2.39. The van der Waals surface area contributed by atoms with Crippen molar-refractivity contribution in [2.75, 3.05) is 11.9 Å². The molecule has 0 aliphatic rings. The monoisotopic (exact) mass is 424 g/mol. The molecule has 0 radical (unpaired) electrons. The molecule has 1 aromatic carbocycles. The Morgan fingerprint density at radius 2 is 1.77 bits per heavy atom. The lowest BCUT2D eigenvalue weighted by Gasteiger charge is -2.21. The van der Waals surface area contributed by atoms with Crippen LogP contribution in [0.1, 0.15) is 49.2 Å². The van der Waals surface area contributed by atoms with E-state index in [0.717, 1.165) is 12.1 Å². The maximum absolute atomic E-state index is 13.1. The quantitative estimate of drug-likeness (QED) is 0.656. The van der Waals surface area contributed by atoms with Crippen molar-refractivity contribution in [3.8, 4) is 5.88 Å². The molecule has 0 atom stereocenters. The minimum absolute atomic E-state index is 0.169. The van der Waals surface area contributed by atoms with Gasteiger partial charge in [0.25, 0.3) is 0 Å². The molecule has 6 nitrogen and oxygen atoms in total. The predicted molar refractivity (Wildman–Crippen MR) is 104 cm³/mol. The molecule has 2 rings (SSSR count). The maximum atomic E-state index is 13.1. The number of rotatable bonds is 5. The third-order valence-electron chi connectivity index (χ3n) is 4.01. The molecule has 0 aliphatic heterocycles. The number of carbonyl (C=O) groups is 2. The van der Waals surface area contributed by atoms with Crippen LogP contribution in [0.2, 0.25) is 0 Å². The maximum Gasteiger partial charge on any atom is 0.416 e. The van der Waals surface area contributed by atoms with Gasteiger partial charge in [0, 0.05) is 25.6 Å². The van der Waals surface area contributed by atoms with Crippen LogP contribution in [0.3, 0.4) is 0 Å². The average Bonchev–Trinajstić information content (AvgIpc) is 2.63. The first-order valence-corrected chi connectivity index (χ1v) is 9.04. The van der Waals surface area contributed by atoms with Gasteiger partial charge in [0.1, 0.15) is 12.2 Å². The minimum atomic E-state index is -4.60. The Bertz CT molecular complexity index is 919. The highest BCUT2D eigenvalue weighted by atomic mass is 19.4. The summed E-state index contributed by atoms with van der Waals surface area (Å²) in [5, 5.41) is 0. The van der Waals surface area contributed by atoms with Crippen LogP contribution in [0.25, 0.3) is 0 Å². The summed E-state index contributed by atoms with van der Waals surface area (Å²) in [5.74, 6) is -0.860. The van der Waals surface area contributed by atoms with E-state index in [2.05, 4.69) is 4.98 Å². The molecule has 0 spiro atoms. The van der Waals surface area contributed by atoms with Crippen molar-refractivity contribution in [3.63, 3.8) is 0 Å². The number of nitrogens with zero attached hydrogens (tertiary/aromatic N) is 2. The zero-order chi connectivity index (χ0) is 22.7. The number of halogens is 3. The Kier molecular flexibility index (Phi) is 6.74. The highest BCUT2D eigenvalue weighted by Gasteiger charge is 2.32. The first kappa shape index (κ1) is 23.2. The van der Waals surface area contributed by atoms with Crippen LogP contribution in [-0.2, 0) is 22.3 Å². The molecule has 0 fully saturated rings. The highest BCUT2D eigenvalue weighted by molar-refractivity contribution is 5.92. The summed E-state index contributed by atoms with van der Waals surface area (Å²) in [6, 6.07) is 5.95. The smallest absolute Gasteiger partial charge is 0.416 e. The van der Waals surface area contributed by atoms with Gasteiger partial charge in [0.05, 0.1) is 23.0 Å². The van der Waals surface area contributed by atoms with Crippen LogP contribution in [0.15, 0.2) is 36.5 Å². The number of carbonyl (C=O) groups excluding carboxylic acids is 2. The van der Waals surface area contributed by atoms with Gasteiger partial charge in [0.2, 0.25) is 11.8 Å². The average molecular weight is 424 g/mol. The van der Waals surface area contributed by atoms with Crippen LogP contribution in [-0.4, -0.2) is 29.5 Å². The molecule has 9 heteroatoms. The third kappa shape index (κ3) is 6.20. The Morgan fingerprint density at radius 3 is 2.27 bits per heavy atom. The number of aromatic nitrogens is 1. The number of alkyl halides is 3. The highest BCUT2D eigenvalue weighted by Crippen LogP contribution is 2.31. The number of ether oxygens (including phenoxy) is 2. The second-order valence-electron chi connectivity index (χ2n) is 7.59. The van der Waals surface area contributed by atoms with Gasteiger partial charge >= 0.3 is 12.1 Å². The van der Waals surface area contributed by atoms with Crippen molar-refractivity contribution in [1.29, 1.82) is 0 Å². The van der Waals surface area contributed by atoms with E-state index in [1.807, 2.05) is 0 Å². The van der Waals surface area contributed by atoms with Crippen molar-refractivity contribution in [2.24, 2.45) is 0 Å². The first-order valence-electron chi connectivity index (χ1n) is 9.04. The van der Waals surface area contributed by atoms with Crippen molar-refractivity contribution in [3.05, 3.63) is 53.2 Å². The van der Waals surface area contributed by atoms with Gasteiger partial charge in [-0.25, -0.2) is 9.78 Å². The van der Waals surface area contributed by atoms with E-state index in [-0.39, 0.29) is 29.5 Å². The number of benzene rings is 1. The van der Waals surface area contributed by atoms with Gasteiger partial charge in [-0.15, -0.1) is 0 Å². The fraction of sp³-hybridized carbons (Fsp3) is 0.381. The van der Waals surface area contributed by atoms with E-state index < -0.39 is 23.3 Å². The van der Waals surface area contributed by atoms with E-state index in [1.54, 1.807) is 33.9 Å². The lowest BCUT2D eigenvalue weighted by atomic mass is 10.0. The van der Waals surface area contributed by atoms with Crippen LogP contribution >= 0.6 is 0 Å². The number of amides is 1. The minimum Gasteiger partial charge on any atom is -0.473 e. The predicted octanol–water partition coefficient (Wildman–Crippen LogP) is 4.62. The fourth-order valence-electron chi connectivity index (χ4n) is 2.39. The molecule has 0 aliphatic carbocycles. The van der Waals surface area contributed by atoms with Crippen LogP contribution < -0.4 is 9.64 Å². The molecule has 0 bridgehead atoms. The third-order valence-corrected chi connectivity index (χ3v) is 4.01. The van der Waals surface area contributed by atoms with E-state index >= 15 is 0 Å². The Balaban J connectivity index is 2.25. The van der Waals surface area contributed by atoms with Crippen molar-refractivity contribution in [1.82, 2.24) is 4.98 Å². The molecule has 0 saturated carbocycles. The second kappa shape index (κ2) is 8.73.